The van der Waals surface area contributed by atoms with Gasteiger partial charge in [-0.05, 0) is 77.4 Å². The lowest BCUT2D eigenvalue weighted by Crippen LogP contribution is -2.48. The van der Waals surface area contributed by atoms with Gasteiger partial charge in [0.15, 0.2) is 0 Å². The van der Waals surface area contributed by atoms with Gasteiger partial charge in [-0.15, -0.1) is 11.3 Å². The number of benzene rings is 3. The number of pyridine rings is 1. The summed E-state index contributed by atoms with van der Waals surface area (Å²) in [6, 6.07) is 24.6. The third-order valence-corrected chi connectivity index (χ3v) is 9.74. The third kappa shape index (κ3) is 10.3. The molecule has 0 saturated heterocycles. The van der Waals surface area contributed by atoms with Gasteiger partial charge in [0.1, 0.15) is 5.01 Å². The number of hydrogen-bond donors (Lipinski definition) is 3. The fraction of sp³-hybridized carbons (Fsp3) is 0.317. The van der Waals surface area contributed by atoms with Gasteiger partial charge in [0.25, 0.3) is 11.8 Å². The molecule has 0 spiro atoms. The summed E-state index contributed by atoms with van der Waals surface area (Å²) >= 11 is 1.51. The molecule has 2 amide bonds. The molecule has 266 valence electrons. The molecule has 3 N–H and O–H groups in total. The lowest BCUT2D eigenvalue weighted by atomic mass is 9.97. The molecular formula is C41H48N6O3S. The van der Waals surface area contributed by atoms with Crippen molar-refractivity contribution in [1.29, 1.82) is 0 Å². The van der Waals surface area contributed by atoms with Crippen molar-refractivity contribution in [3.05, 3.63) is 135 Å². The zero-order valence-corrected chi connectivity index (χ0v) is 31.1. The molecule has 0 aliphatic carbocycles. The minimum absolute atomic E-state index is 0.218. The van der Waals surface area contributed by atoms with Gasteiger partial charge in [-0.1, -0.05) is 62.4 Å². The molecule has 0 unspecified atom stereocenters. The first-order valence-corrected chi connectivity index (χ1v) is 18.1. The lowest BCUT2D eigenvalue weighted by molar-refractivity contribution is 0.0784. The molecule has 0 bridgehead atoms. The highest BCUT2D eigenvalue weighted by Crippen LogP contribution is 2.26. The Balaban J connectivity index is 1.40. The molecule has 2 atom stereocenters. The Kier molecular flexibility index (Phi) is 12.7. The Morgan fingerprint density at radius 2 is 1.61 bits per heavy atom. The maximum absolute atomic E-state index is 14.1. The van der Waals surface area contributed by atoms with E-state index >= 15 is 0 Å². The SMILES string of the molecule is Cc1csc(CN(C)C(=O)c2cc(C(=O)N[C@@H](Cc3ccccc3)[C@H](O)CNCc3cncc(C(C)C)c3)cc(-c3ccc(N(C)C)cc3)c2)n1. The number of thiazole rings is 1. The van der Waals surface area contributed by atoms with E-state index in [4.69, 9.17) is 0 Å². The van der Waals surface area contributed by atoms with Gasteiger partial charge >= 0.3 is 0 Å². The van der Waals surface area contributed by atoms with E-state index in [0.717, 1.165) is 44.2 Å². The van der Waals surface area contributed by atoms with Gasteiger partial charge in [0, 0.05) is 74.5 Å². The Hall–Kier alpha value is -4.90. The first-order chi connectivity index (χ1) is 24.5. The van der Waals surface area contributed by atoms with Crippen molar-refractivity contribution in [1.82, 2.24) is 25.5 Å². The van der Waals surface area contributed by atoms with Crippen molar-refractivity contribution in [2.75, 3.05) is 32.6 Å². The summed E-state index contributed by atoms with van der Waals surface area (Å²) in [6.07, 6.45) is 3.23. The van der Waals surface area contributed by atoms with Gasteiger partial charge < -0.3 is 25.5 Å². The van der Waals surface area contributed by atoms with Gasteiger partial charge in [-0.25, -0.2) is 4.98 Å². The average molecular weight is 705 g/mol. The van der Waals surface area contributed by atoms with Crippen molar-refractivity contribution >= 4 is 28.8 Å². The second kappa shape index (κ2) is 17.4. The molecule has 0 aliphatic rings. The number of hydrogen-bond acceptors (Lipinski definition) is 8. The topological polar surface area (TPSA) is 111 Å². The smallest absolute Gasteiger partial charge is 0.254 e. The highest BCUT2D eigenvalue weighted by Gasteiger charge is 2.24. The van der Waals surface area contributed by atoms with Crippen molar-refractivity contribution < 1.29 is 14.7 Å². The molecule has 0 aliphatic heterocycles. The minimum Gasteiger partial charge on any atom is -0.390 e. The number of aromatic nitrogens is 2. The number of anilines is 1. The monoisotopic (exact) mass is 704 g/mol. The molecule has 0 radical (unpaired) electrons. The van der Waals surface area contributed by atoms with Crippen LogP contribution in [0.1, 0.15) is 67.9 Å². The molecule has 2 aromatic heterocycles. The van der Waals surface area contributed by atoms with E-state index in [2.05, 4.69) is 40.5 Å². The largest absolute Gasteiger partial charge is 0.390 e. The highest BCUT2D eigenvalue weighted by atomic mass is 32.1. The number of amides is 2. The first-order valence-electron chi connectivity index (χ1n) is 17.2. The molecule has 0 fully saturated rings. The van der Waals surface area contributed by atoms with E-state index in [1.54, 1.807) is 24.1 Å². The summed E-state index contributed by atoms with van der Waals surface area (Å²) in [6.45, 7) is 7.34. The fourth-order valence-electron chi connectivity index (χ4n) is 5.80. The maximum Gasteiger partial charge on any atom is 0.254 e. The Morgan fingerprint density at radius 1 is 0.882 bits per heavy atom. The van der Waals surface area contributed by atoms with Crippen molar-refractivity contribution in [3.63, 3.8) is 0 Å². The van der Waals surface area contributed by atoms with Crippen LogP contribution in [0, 0.1) is 6.92 Å². The van der Waals surface area contributed by atoms with Gasteiger partial charge in [-0.3, -0.25) is 14.6 Å². The van der Waals surface area contributed by atoms with Gasteiger partial charge in [-0.2, -0.15) is 0 Å². The van der Waals surface area contributed by atoms with Crippen LogP contribution in [-0.2, 0) is 19.5 Å². The normalized spacial score (nSPS) is 12.4. The number of carbonyl (C=O) groups is 2. The molecule has 51 heavy (non-hydrogen) atoms. The van der Waals surface area contributed by atoms with E-state index < -0.39 is 12.1 Å². The predicted molar refractivity (Wildman–Crippen MR) is 206 cm³/mol. The second-order valence-corrected chi connectivity index (χ2v) is 14.5. The van der Waals surface area contributed by atoms with Crippen LogP contribution in [0.4, 0.5) is 5.69 Å². The van der Waals surface area contributed by atoms with E-state index in [0.29, 0.717) is 36.6 Å². The second-order valence-electron chi connectivity index (χ2n) is 13.5. The molecule has 0 saturated carbocycles. The minimum atomic E-state index is -0.897. The average Bonchev–Trinajstić information content (AvgIpc) is 3.55. The standard InChI is InChI=1S/C41H48N6O3S/c1-27(2)35-16-30(21-42-23-35)22-43-24-38(48)37(17-29-10-8-7-9-11-29)45-40(49)33-18-32(31-12-14-36(15-13-31)46(4)5)19-34(20-33)41(50)47(6)25-39-44-28(3)26-51-39/h7-16,18-21,23,26-27,37-38,43,48H,17,22,24-25H2,1-6H3,(H,45,49)/t37-,38+/m0/s1. The van der Waals surface area contributed by atoms with Crippen LogP contribution in [0.3, 0.4) is 0 Å². The molecular weight excluding hydrogens is 657 g/mol. The van der Waals surface area contributed by atoms with Crippen LogP contribution >= 0.6 is 11.3 Å². The van der Waals surface area contributed by atoms with Crippen molar-refractivity contribution in [2.24, 2.45) is 0 Å². The van der Waals surface area contributed by atoms with Crippen LogP contribution in [0.15, 0.2) is 96.6 Å². The summed E-state index contributed by atoms with van der Waals surface area (Å²) in [5.41, 5.74) is 7.47. The summed E-state index contributed by atoms with van der Waals surface area (Å²) < 4.78 is 0. The molecule has 9 nitrogen and oxygen atoms in total. The van der Waals surface area contributed by atoms with E-state index in [9.17, 15) is 14.7 Å². The molecule has 5 rings (SSSR count). The quantitative estimate of drug-likeness (QED) is 0.115. The van der Waals surface area contributed by atoms with Gasteiger partial charge in [0.05, 0.1) is 18.7 Å². The van der Waals surface area contributed by atoms with Crippen molar-refractivity contribution in [3.8, 4) is 11.1 Å². The van der Waals surface area contributed by atoms with Crippen LogP contribution in [0.5, 0.6) is 0 Å². The predicted octanol–water partition coefficient (Wildman–Crippen LogP) is 6.47. The number of aryl methyl sites for hydroxylation is 1. The Bertz CT molecular complexity index is 1910. The maximum atomic E-state index is 14.1. The van der Waals surface area contributed by atoms with E-state index in [-0.39, 0.29) is 18.4 Å². The number of carbonyl (C=O) groups excluding carboxylic acids is 2. The summed E-state index contributed by atoms with van der Waals surface area (Å²) in [7, 11) is 5.70. The Morgan fingerprint density at radius 3 is 2.27 bits per heavy atom. The fourth-order valence-corrected chi connectivity index (χ4v) is 6.63. The highest BCUT2D eigenvalue weighted by molar-refractivity contribution is 7.09. The van der Waals surface area contributed by atoms with E-state index in [1.807, 2.05) is 104 Å². The van der Waals surface area contributed by atoms with Gasteiger partial charge in [0.2, 0.25) is 0 Å². The number of nitrogens with zero attached hydrogens (tertiary/aromatic N) is 4. The van der Waals surface area contributed by atoms with Crippen LogP contribution < -0.4 is 15.5 Å². The number of rotatable bonds is 15. The zero-order valence-electron chi connectivity index (χ0n) is 30.3. The van der Waals surface area contributed by atoms with Crippen LogP contribution in [0.25, 0.3) is 11.1 Å². The summed E-state index contributed by atoms with van der Waals surface area (Å²) in [4.78, 5) is 40.5. The summed E-state index contributed by atoms with van der Waals surface area (Å²) in [5.74, 6) is -0.226. The lowest BCUT2D eigenvalue weighted by Gasteiger charge is -2.25. The molecule has 10 heteroatoms. The zero-order chi connectivity index (χ0) is 36.5. The van der Waals surface area contributed by atoms with E-state index in [1.165, 1.54) is 11.3 Å². The summed E-state index contributed by atoms with van der Waals surface area (Å²) in [5, 5.41) is 20.8. The first kappa shape index (κ1) is 37.4. The van der Waals surface area contributed by atoms with Crippen LogP contribution in [-0.4, -0.2) is 71.6 Å². The Labute approximate surface area is 305 Å². The molecule has 5 aromatic rings. The number of aliphatic hydroxyl groups is 1. The van der Waals surface area contributed by atoms with Crippen molar-refractivity contribution in [2.45, 2.75) is 58.3 Å². The molecule has 3 aromatic carbocycles. The molecule has 2 heterocycles. The number of aliphatic hydroxyl groups excluding tert-OH is 1. The third-order valence-electron chi connectivity index (χ3n) is 8.79. The van der Waals surface area contributed by atoms with Crippen LogP contribution in [0.2, 0.25) is 0 Å². The number of nitrogens with one attached hydrogen (secondary N) is 2.